The van der Waals surface area contributed by atoms with E-state index in [1.54, 1.807) is 7.11 Å². The van der Waals surface area contributed by atoms with E-state index in [2.05, 4.69) is 26.2 Å². The van der Waals surface area contributed by atoms with Crippen LogP contribution in [0.15, 0.2) is 0 Å². The third-order valence-electron chi connectivity index (χ3n) is 5.07. The molecule has 0 aromatic carbocycles. The Kier molecular flexibility index (Phi) is 5.65. The highest BCUT2D eigenvalue weighted by Gasteiger charge is 2.44. The van der Waals surface area contributed by atoms with E-state index in [4.69, 9.17) is 20.1 Å². The van der Waals surface area contributed by atoms with Crippen molar-refractivity contribution in [2.45, 2.75) is 64.2 Å². The Hall–Kier alpha value is -0.200. The van der Waals surface area contributed by atoms with Crippen LogP contribution in [0.3, 0.4) is 0 Å². The summed E-state index contributed by atoms with van der Waals surface area (Å²) < 4.78 is 17.4. The van der Waals surface area contributed by atoms with E-state index in [9.17, 15) is 0 Å². The normalized spacial score (nSPS) is 29.3. The topological polar surface area (TPSA) is 65.7 Å². The van der Waals surface area contributed by atoms with Crippen molar-refractivity contribution in [2.75, 3.05) is 26.9 Å². The average Bonchev–Trinajstić information content (AvgIpc) is 2.44. The van der Waals surface area contributed by atoms with Gasteiger partial charge in [-0.2, -0.15) is 0 Å². The molecule has 3 N–H and O–H groups in total. The number of hydrazine groups is 1. The van der Waals surface area contributed by atoms with Gasteiger partial charge in [0.15, 0.2) is 0 Å². The van der Waals surface area contributed by atoms with E-state index in [-0.39, 0.29) is 23.2 Å². The summed E-state index contributed by atoms with van der Waals surface area (Å²) in [6, 6.07) is 0.151. The average molecular weight is 300 g/mol. The van der Waals surface area contributed by atoms with Crippen LogP contribution in [0.2, 0.25) is 0 Å². The molecular weight excluding hydrogens is 268 g/mol. The third kappa shape index (κ3) is 3.96. The highest BCUT2D eigenvalue weighted by molar-refractivity contribution is 4.96. The number of rotatable bonds is 4. The van der Waals surface area contributed by atoms with Crippen LogP contribution in [-0.2, 0) is 14.2 Å². The second-order valence-corrected chi connectivity index (χ2v) is 7.61. The van der Waals surface area contributed by atoms with Crippen molar-refractivity contribution < 1.29 is 14.2 Å². The quantitative estimate of drug-likeness (QED) is 0.613. The molecule has 0 aromatic rings. The van der Waals surface area contributed by atoms with Crippen LogP contribution in [0.1, 0.15) is 46.5 Å². The lowest BCUT2D eigenvalue weighted by molar-refractivity contribution is -0.157. The Labute approximate surface area is 128 Å². The summed E-state index contributed by atoms with van der Waals surface area (Å²) in [5.41, 5.74) is 3.08. The van der Waals surface area contributed by atoms with Crippen LogP contribution in [-0.4, -0.2) is 44.7 Å². The maximum atomic E-state index is 6.14. The van der Waals surface area contributed by atoms with E-state index in [0.717, 1.165) is 45.5 Å². The summed E-state index contributed by atoms with van der Waals surface area (Å²) >= 11 is 0. The Bertz CT molecular complexity index is 318. The minimum atomic E-state index is -0.00750. The van der Waals surface area contributed by atoms with Crippen molar-refractivity contribution in [1.82, 2.24) is 5.43 Å². The van der Waals surface area contributed by atoms with Crippen molar-refractivity contribution in [2.24, 2.45) is 17.2 Å². The second kappa shape index (κ2) is 6.92. The van der Waals surface area contributed by atoms with Crippen LogP contribution in [0.25, 0.3) is 0 Å². The molecule has 0 aliphatic carbocycles. The van der Waals surface area contributed by atoms with Crippen molar-refractivity contribution in [3.8, 4) is 0 Å². The van der Waals surface area contributed by atoms with Crippen molar-refractivity contribution in [1.29, 1.82) is 0 Å². The van der Waals surface area contributed by atoms with Crippen molar-refractivity contribution in [3.05, 3.63) is 0 Å². The van der Waals surface area contributed by atoms with Crippen LogP contribution in [0.4, 0.5) is 0 Å². The molecule has 2 fully saturated rings. The summed E-state index contributed by atoms with van der Waals surface area (Å²) in [7, 11) is 1.78. The van der Waals surface area contributed by atoms with Crippen LogP contribution >= 0.6 is 0 Å². The Morgan fingerprint density at radius 1 is 1.24 bits per heavy atom. The maximum Gasteiger partial charge on any atom is 0.0788 e. The number of nitrogens with one attached hydrogen (secondary N) is 1. The molecule has 3 atom stereocenters. The molecule has 3 unspecified atom stereocenters. The summed E-state index contributed by atoms with van der Waals surface area (Å²) in [6.45, 7) is 9.03. The summed E-state index contributed by atoms with van der Waals surface area (Å²) in [5.74, 6) is 6.38. The first-order valence-corrected chi connectivity index (χ1v) is 8.12. The van der Waals surface area contributed by atoms with Crippen molar-refractivity contribution in [3.63, 3.8) is 0 Å². The largest absolute Gasteiger partial charge is 0.381 e. The minimum absolute atomic E-state index is 0.00750. The number of methoxy groups -OCH3 is 1. The van der Waals surface area contributed by atoms with E-state index in [1.165, 1.54) is 0 Å². The van der Waals surface area contributed by atoms with Gasteiger partial charge in [-0.1, -0.05) is 20.8 Å². The molecule has 2 saturated heterocycles. The number of hydrogen-bond acceptors (Lipinski definition) is 5. The first-order chi connectivity index (χ1) is 9.92. The van der Waals surface area contributed by atoms with Crippen molar-refractivity contribution >= 4 is 0 Å². The fourth-order valence-electron chi connectivity index (χ4n) is 3.97. The van der Waals surface area contributed by atoms with Gasteiger partial charge in [-0.25, -0.2) is 0 Å². The molecule has 21 heavy (non-hydrogen) atoms. The Morgan fingerprint density at radius 2 is 1.90 bits per heavy atom. The smallest absolute Gasteiger partial charge is 0.0788 e. The predicted molar refractivity (Wildman–Crippen MR) is 82.8 cm³/mol. The predicted octanol–water partition coefficient (Wildman–Crippen LogP) is 1.86. The Morgan fingerprint density at radius 3 is 2.43 bits per heavy atom. The number of nitrogens with two attached hydrogens (primary N) is 1. The van der Waals surface area contributed by atoms with E-state index >= 15 is 0 Å². The van der Waals surface area contributed by atoms with Crippen LogP contribution in [0, 0.1) is 11.3 Å². The fourth-order valence-corrected chi connectivity index (χ4v) is 3.97. The molecule has 5 heteroatoms. The summed E-state index contributed by atoms with van der Waals surface area (Å²) in [4.78, 5) is 0. The molecule has 2 rings (SSSR count). The van der Waals surface area contributed by atoms with Gasteiger partial charge in [0.25, 0.3) is 0 Å². The first kappa shape index (κ1) is 17.2. The summed E-state index contributed by atoms with van der Waals surface area (Å²) in [6.07, 6.45) is 4.15. The zero-order valence-corrected chi connectivity index (χ0v) is 14.0. The second-order valence-electron chi connectivity index (χ2n) is 7.61. The van der Waals surface area contributed by atoms with Gasteiger partial charge in [0.2, 0.25) is 0 Å². The van der Waals surface area contributed by atoms with Gasteiger partial charge in [0.05, 0.1) is 17.7 Å². The fraction of sp³-hybridized carbons (Fsp3) is 1.00. The molecule has 0 radical (unpaired) electrons. The zero-order valence-electron chi connectivity index (χ0n) is 14.0. The first-order valence-electron chi connectivity index (χ1n) is 8.12. The molecule has 0 aromatic heterocycles. The molecular formula is C16H32N2O3. The molecule has 2 heterocycles. The lowest BCUT2D eigenvalue weighted by atomic mass is 9.72. The van der Waals surface area contributed by atoms with E-state index in [1.807, 2.05) is 0 Å². The molecule has 5 nitrogen and oxygen atoms in total. The monoisotopic (exact) mass is 300 g/mol. The standard InChI is InChI=1S/C16H32N2O3/c1-15(2,3)14(19-4)13(18-17)12-5-8-21-16(11-12)6-9-20-10-7-16/h12-14,18H,5-11,17H2,1-4H3. The molecule has 0 saturated carbocycles. The molecule has 2 aliphatic heterocycles. The van der Waals surface area contributed by atoms with Crippen LogP contribution in [0.5, 0.6) is 0 Å². The van der Waals surface area contributed by atoms with Gasteiger partial charge in [0, 0.05) is 26.9 Å². The van der Waals surface area contributed by atoms with E-state index in [0.29, 0.717) is 5.92 Å². The zero-order chi connectivity index (χ0) is 15.5. The van der Waals surface area contributed by atoms with Gasteiger partial charge < -0.3 is 14.2 Å². The van der Waals surface area contributed by atoms with E-state index < -0.39 is 0 Å². The Balaban J connectivity index is 2.10. The molecule has 124 valence electrons. The van der Waals surface area contributed by atoms with Crippen LogP contribution < -0.4 is 11.3 Å². The minimum Gasteiger partial charge on any atom is -0.381 e. The maximum absolute atomic E-state index is 6.14. The number of ether oxygens (including phenoxy) is 3. The molecule has 0 amide bonds. The SMILES string of the molecule is COC(C(NN)C1CCOC2(CCOCC2)C1)C(C)(C)C. The lowest BCUT2D eigenvalue weighted by Crippen LogP contribution is -2.57. The lowest BCUT2D eigenvalue weighted by Gasteiger charge is -2.47. The van der Waals surface area contributed by atoms with Gasteiger partial charge in [0.1, 0.15) is 0 Å². The number of hydrogen-bond donors (Lipinski definition) is 2. The molecule has 2 aliphatic rings. The van der Waals surface area contributed by atoms with Gasteiger partial charge in [-0.3, -0.25) is 11.3 Å². The third-order valence-corrected chi connectivity index (χ3v) is 5.07. The van der Waals surface area contributed by atoms with Gasteiger partial charge in [-0.15, -0.1) is 0 Å². The summed E-state index contributed by atoms with van der Waals surface area (Å²) in [5, 5.41) is 0. The highest BCUT2D eigenvalue weighted by atomic mass is 16.5. The highest BCUT2D eigenvalue weighted by Crippen LogP contribution is 2.40. The molecule has 1 spiro atoms. The molecule has 0 bridgehead atoms. The van der Waals surface area contributed by atoms with Gasteiger partial charge >= 0.3 is 0 Å². The van der Waals surface area contributed by atoms with Gasteiger partial charge in [-0.05, 0) is 37.0 Å².